The Morgan fingerprint density at radius 3 is 2.62 bits per heavy atom. The highest BCUT2D eigenvalue weighted by Gasteiger charge is 2.29. The van der Waals surface area contributed by atoms with Gasteiger partial charge in [0.15, 0.2) is 9.84 Å². The highest BCUT2D eigenvalue weighted by Crippen LogP contribution is 2.15. The zero-order valence-corrected chi connectivity index (χ0v) is 14.3. The Bertz CT molecular complexity index is 667. The molecular formula is C16H21NO6S. The van der Waals surface area contributed by atoms with Crippen LogP contribution in [-0.4, -0.2) is 52.4 Å². The van der Waals surface area contributed by atoms with Gasteiger partial charge in [-0.3, -0.25) is 4.79 Å². The number of amides is 1. The first-order chi connectivity index (χ1) is 11.4. The van der Waals surface area contributed by atoms with Gasteiger partial charge in [-0.1, -0.05) is 18.2 Å². The molecule has 1 heterocycles. The Balaban J connectivity index is 2.01. The Hall–Kier alpha value is -1.93. The maximum Gasteiger partial charge on any atom is 0.328 e. The molecule has 0 saturated carbocycles. The van der Waals surface area contributed by atoms with Crippen molar-refractivity contribution in [1.82, 2.24) is 5.32 Å². The highest BCUT2D eigenvalue weighted by atomic mass is 32.2. The molecule has 1 aliphatic heterocycles. The van der Waals surface area contributed by atoms with Crippen molar-refractivity contribution in [3.05, 3.63) is 30.3 Å². The summed E-state index contributed by atoms with van der Waals surface area (Å²) in [6.45, 7) is 0.811. The molecule has 1 aromatic carbocycles. The molecule has 0 aliphatic carbocycles. The zero-order valence-electron chi connectivity index (χ0n) is 13.4. The van der Waals surface area contributed by atoms with Crippen molar-refractivity contribution in [2.75, 3.05) is 26.1 Å². The second-order valence-corrected chi connectivity index (χ2v) is 7.67. The molecule has 2 rings (SSSR count). The summed E-state index contributed by atoms with van der Waals surface area (Å²) in [6, 6.07) is 6.98. The zero-order chi connectivity index (χ0) is 17.6. The summed E-state index contributed by atoms with van der Waals surface area (Å²) in [5, 5.41) is 2.58. The first-order valence-corrected chi connectivity index (χ1v) is 9.33. The smallest absolute Gasteiger partial charge is 0.328 e. The van der Waals surface area contributed by atoms with Gasteiger partial charge in [0.05, 0.1) is 30.3 Å². The number of benzene rings is 1. The summed E-state index contributed by atoms with van der Waals surface area (Å²) in [7, 11) is -2.34. The lowest BCUT2D eigenvalue weighted by atomic mass is 10.1. The predicted molar refractivity (Wildman–Crippen MR) is 86.0 cm³/mol. The molecule has 0 spiro atoms. The molecule has 0 radical (unpaired) electrons. The van der Waals surface area contributed by atoms with Crippen LogP contribution in [0.1, 0.15) is 12.8 Å². The molecular weight excluding hydrogens is 334 g/mol. The van der Waals surface area contributed by atoms with Gasteiger partial charge in [-0.15, -0.1) is 0 Å². The van der Waals surface area contributed by atoms with Gasteiger partial charge < -0.3 is 14.8 Å². The van der Waals surface area contributed by atoms with Crippen LogP contribution >= 0.6 is 0 Å². The third kappa shape index (κ3) is 4.78. The van der Waals surface area contributed by atoms with E-state index in [1.54, 1.807) is 18.2 Å². The number of hydrogen-bond acceptors (Lipinski definition) is 6. The lowest BCUT2D eigenvalue weighted by molar-refractivity contribution is -0.145. The average molecular weight is 355 g/mol. The fourth-order valence-electron chi connectivity index (χ4n) is 2.44. The fourth-order valence-corrected chi connectivity index (χ4v) is 3.79. The molecule has 0 bridgehead atoms. The van der Waals surface area contributed by atoms with E-state index in [2.05, 4.69) is 10.1 Å². The molecule has 24 heavy (non-hydrogen) atoms. The van der Waals surface area contributed by atoms with Crippen LogP contribution in [0.4, 0.5) is 0 Å². The number of carbonyl (C=O) groups is 2. The number of ether oxygens (including phenoxy) is 2. The third-order valence-corrected chi connectivity index (χ3v) is 5.64. The second-order valence-electron chi connectivity index (χ2n) is 5.57. The minimum Gasteiger partial charge on any atom is -0.467 e. The molecule has 1 fully saturated rings. The van der Waals surface area contributed by atoms with Gasteiger partial charge in [-0.25, -0.2) is 13.2 Å². The van der Waals surface area contributed by atoms with E-state index in [0.717, 1.165) is 0 Å². The number of nitrogens with one attached hydrogen (secondary N) is 1. The van der Waals surface area contributed by atoms with Crippen LogP contribution in [-0.2, 0) is 28.9 Å². The van der Waals surface area contributed by atoms with E-state index in [4.69, 9.17) is 4.74 Å². The predicted octanol–water partition coefficient (Wildman–Crippen LogP) is 0.545. The van der Waals surface area contributed by atoms with Crippen LogP contribution < -0.4 is 5.32 Å². The SMILES string of the molecule is COC(=O)[C@H](CCS(=O)(=O)c1ccccc1)NC(=O)[C@H]1CCOC1. The van der Waals surface area contributed by atoms with Crippen molar-refractivity contribution < 1.29 is 27.5 Å². The summed E-state index contributed by atoms with van der Waals surface area (Å²) >= 11 is 0. The molecule has 7 nitrogen and oxygen atoms in total. The Labute approximate surface area is 141 Å². The summed E-state index contributed by atoms with van der Waals surface area (Å²) in [5.41, 5.74) is 0. The van der Waals surface area contributed by atoms with E-state index in [-0.39, 0.29) is 28.9 Å². The molecule has 8 heteroatoms. The molecule has 132 valence electrons. The summed E-state index contributed by atoms with van der Waals surface area (Å²) < 4.78 is 34.4. The van der Waals surface area contributed by atoms with E-state index in [1.807, 2.05) is 0 Å². The first kappa shape index (κ1) is 18.4. The number of rotatable bonds is 7. The normalized spacial score (nSPS) is 18.8. The van der Waals surface area contributed by atoms with E-state index in [1.165, 1.54) is 19.2 Å². The second kappa shape index (κ2) is 8.25. The topological polar surface area (TPSA) is 98.8 Å². The highest BCUT2D eigenvalue weighted by molar-refractivity contribution is 7.91. The monoisotopic (exact) mass is 355 g/mol. The summed E-state index contributed by atoms with van der Waals surface area (Å²) in [5.74, 6) is -1.56. The minimum absolute atomic E-state index is 0.0524. The van der Waals surface area contributed by atoms with Gasteiger partial charge in [-0.2, -0.15) is 0 Å². The van der Waals surface area contributed by atoms with Crippen molar-refractivity contribution >= 4 is 21.7 Å². The van der Waals surface area contributed by atoms with Crippen LogP contribution in [0.5, 0.6) is 0 Å². The third-order valence-electron chi connectivity index (χ3n) is 3.88. The van der Waals surface area contributed by atoms with Gasteiger partial charge in [0.25, 0.3) is 0 Å². The molecule has 1 aliphatic rings. The molecule has 0 aromatic heterocycles. The van der Waals surface area contributed by atoms with Crippen molar-refractivity contribution in [1.29, 1.82) is 0 Å². The number of esters is 1. The Kier molecular flexibility index (Phi) is 6.33. The number of methoxy groups -OCH3 is 1. The standard InChI is InChI=1S/C16H21NO6S/c1-22-16(19)14(17-15(18)12-7-9-23-11-12)8-10-24(20,21)13-5-3-2-4-6-13/h2-6,12,14H,7-11H2,1H3,(H,17,18)/t12-,14-/m0/s1. The van der Waals surface area contributed by atoms with E-state index < -0.39 is 21.8 Å². The van der Waals surface area contributed by atoms with Gasteiger partial charge in [-0.05, 0) is 25.0 Å². The van der Waals surface area contributed by atoms with Crippen LogP contribution in [0.25, 0.3) is 0 Å². The van der Waals surface area contributed by atoms with Crippen molar-refractivity contribution in [3.8, 4) is 0 Å². The van der Waals surface area contributed by atoms with Crippen LogP contribution in [0.2, 0.25) is 0 Å². The molecule has 1 amide bonds. The van der Waals surface area contributed by atoms with E-state index in [0.29, 0.717) is 19.6 Å². The molecule has 1 N–H and O–H groups in total. The lowest BCUT2D eigenvalue weighted by Gasteiger charge is -2.18. The fraction of sp³-hybridized carbons (Fsp3) is 0.500. The van der Waals surface area contributed by atoms with Crippen molar-refractivity contribution in [2.45, 2.75) is 23.8 Å². The Morgan fingerprint density at radius 2 is 2.04 bits per heavy atom. The Morgan fingerprint density at radius 1 is 1.33 bits per heavy atom. The number of carbonyl (C=O) groups excluding carboxylic acids is 2. The summed E-state index contributed by atoms with van der Waals surface area (Å²) in [4.78, 5) is 24.2. The van der Waals surface area contributed by atoms with Gasteiger partial charge in [0.1, 0.15) is 6.04 Å². The minimum atomic E-state index is -3.54. The van der Waals surface area contributed by atoms with E-state index >= 15 is 0 Å². The van der Waals surface area contributed by atoms with E-state index in [9.17, 15) is 18.0 Å². The molecule has 1 saturated heterocycles. The maximum absolute atomic E-state index is 12.3. The average Bonchev–Trinajstić information content (AvgIpc) is 3.13. The van der Waals surface area contributed by atoms with Crippen LogP contribution in [0.3, 0.4) is 0 Å². The van der Waals surface area contributed by atoms with Crippen molar-refractivity contribution in [3.63, 3.8) is 0 Å². The molecule has 0 unspecified atom stereocenters. The first-order valence-electron chi connectivity index (χ1n) is 7.68. The van der Waals surface area contributed by atoms with Gasteiger partial charge in [0.2, 0.25) is 5.91 Å². The number of sulfone groups is 1. The largest absolute Gasteiger partial charge is 0.467 e. The number of hydrogen-bond donors (Lipinski definition) is 1. The molecule has 1 aromatic rings. The van der Waals surface area contributed by atoms with Gasteiger partial charge in [0, 0.05) is 6.61 Å². The van der Waals surface area contributed by atoms with Crippen LogP contribution in [0.15, 0.2) is 35.2 Å². The van der Waals surface area contributed by atoms with Crippen molar-refractivity contribution in [2.24, 2.45) is 5.92 Å². The van der Waals surface area contributed by atoms with Crippen LogP contribution in [0, 0.1) is 5.92 Å². The quantitative estimate of drug-likeness (QED) is 0.717. The maximum atomic E-state index is 12.3. The summed E-state index contributed by atoms with van der Waals surface area (Å²) in [6.07, 6.45) is 0.533. The van der Waals surface area contributed by atoms with Gasteiger partial charge >= 0.3 is 5.97 Å². The lowest BCUT2D eigenvalue weighted by Crippen LogP contribution is -2.45. The molecule has 2 atom stereocenters.